The van der Waals surface area contributed by atoms with E-state index < -0.39 is 41.2 Å². The number of esters is 1. The molecule has 146 valence electrons. The SMILES string of the molecule is C[C@@H](OC(=O)[C@H]1CC(=O)N(C2CCCC2)C1)C(=O)Nc1c(F)cccc1F. The van der Waals surface area contributed by atoms with Crippen molar-refractivity contribution in [2.75, 3.05) is 11.9 Å². The second kappa shape index (κ2) is 8.02. The lowest BCUT2D eigenvalue weighted by Crippen LogP contribution is -2.36. The van der Waals surface area contributed by atoms with E-state index in [4.69, 9.17) is 4.74 Å². The van der Waals surface area contributed by atoms with Crippen LogP contribution in [-0.2, 0) is 19.1 Å². The van der Waals surface area contributed by atoms with Crippen molar-refractivity contribution >= 4 is 23.5 Å². The molecular formula is C19H22F2N2O4. The number of amides is 2. The predicted molar refractivity (Wildman–Crippen MR) is 92.6 cm³/mol. The monoisotopic (exact) mass is 380 g/mol. The Balaban J connectivity index is 1.55. The van der Waals surface area contributed by atoms with Gasteiger partial charge in [0.15, 0.2) is 6.10 Å². The molecule has 2 amide bonds. The predicted octanol–water partition coefficient (Wildman–Crippen LogP) is 2.63. The molecule has 0 spiro atoms. The second-order valence-corrected chi connectivity index (χ2v) is 7.05. The Morgan fingerprint density at radius 3 is 2.48 bits per heavy atom. The Morgan fingerprint density at radius 1 is 1.22 bits per heavy atom. The van der Waals surface area contributed by atoms with Crippen LogP contribution in [0.4, 0.5) is 14.5 Å². The van der Waals surface area contributed by atoms with Crippen LogP contribution in [0.15, 0.2) is 18.2 Å². The summed E-state index contributed by atoms with van der Waals surface area (Å²) < 4.78 is 32.4. The highest BCUT2D eigenvalue weighted by Gasteiger charge is 2.40. The molecule has 0 bridgehead atoms. The third kappa shape index (κ3) is 4.26. The quantitative estimate of drug-likeness (QED) is 0.797. The Kier molecular flexibility index (Phi) is 5.72. The Labute approximate surface area is 155 Å². The summed E-state index contributed by atoms with van der Waals surface area (Å²) in [7, 11) is 0. The van der Waals surface area contributed by atoms with Crippen LogP contribution in [0.3, 0.4) is 0 Å². The van der Waals surface area contributed by atoms with Crippen LogP contribution in [0, 0.1) is 17.6 Å². The topological polar surface area (TPSA) is 75.7 Å². The Morgan fingerprint density at radius 2 is 1.85 bits per heavy atom. The van der Waals surface area contributed by atoms with Crippen LogP contribution >= 0.6 is 0 Å². The van der Waals surface area contributed by atoms with Crippen molar-refractivity contribution in [2.24, 2.45) is 5.92 Å². The van der Waals surface area contributed by atoms with E-state index in [2.05, 4.69) is 5.32 Å². The van der Waals surface area contributed by atoms with Crippen molar-refractivity contribution in [3.63, 3.8) is 0 Å². The van der Waals surface area contributed by atoms with E-state index in [9.17, 15) is 23.2 Å². The summed E-state index contributed by atoms with van der Waals surface area (Å²) in [5.41, 5.74) is -0.589. The summed E-state index contributed by atoms with van der Waals surface area (Å²) >= 11 is 0. The van der Waals surface area contributed by atoms with Crippen LogP contribution < -0.4 is 5.32 Å². The van der Waals surface area contributed by atoms with Crippen molar-refractivity contribution in [3.05, 3.63) is 29.8 Å². The number of nitrogens with zero attached hydrogens (tertiary/aromatic N) is 1. The van der Waals surface area contributed by atoms with E-state index >= 15 is 0 Å². The van der Waals surface area contributed by atoms with Gasteiger partial charge in [0.25, 0.3) is 5.91 Å². The number of anilines is 1. The molecule has 27 heavy (non-hydrogen) atoms. The van der Waals surface area contributed by atoms with Crippen molar-refractivity contribution in [1.29, 1.82) is 0 Å². The molecule has 0 unspecified atom stereocenters. The minimum Gasteiger partial charge on any atom is -0.452 e. The molecule has 1 saturated heterocycles. The van der Waals surface area contributed by atoms with E-state index in [1.54, 1.807) is 4.90 Å². The smallest absolute Gasteiger partial charge is 0.312 e. The number of rotatable bonds is 5. The summed E-state index contributed by atoms with van der Waals surface area (Å²) in [6.45, 7) is 1.61. The average Bonchev–Trinajstić information content (AvgIpc) is 3.27. The van der Waals surface area contributed by atoms with Gasteiger partial charge in [-0.3, -0.25) is 14.4 Å². The maximum Gasteiger partial charge on any atom is 0.312 e. The molecule has 1 aromatic carbocycles. The van der Waals surface area contributed by atoms with Gasteiger partial charge < -0.3 is 15.0 Å². The highest BCUT2D eigenvalue weighted by Crippen LogP contribution is 2.30. The van der Waals surface area contributed by atoms with Gasteiger partial charge in [-0.05, 0) is 31.9 Å². The van der Waals surface area contributed by atoms with Crippen molar-refractivity contribution in [1.82, 2.24) is 4.90 Å². The van der Waals surface area contributed by atoms with Crippen LogP contribution in [-0.4, -0.2) is 41.4 Å². The molecule has 1 aliphatic heterocycles. The number of ether oxygens (including phenoxy) is 1. The maximum absolute atomic E-state index is 13.6. The number of hydrogen-bond donors (Lipinski definition) is 1. The first-order valence-corrected chi connectivity index (χ1v) is 9.11. The fourth-order valence-corrected chi connectivity index (χ4v) is 3.62. The van der Waals surface area contributed by atoms with Crippen molar-refractivity contribution in [3.8, 4) is 0 Å². The number of carbonyl (C=O) groups is 3. The number of nitrogens with one attached hydrogen (secondary N) is 1. The van der Waals surface area contributed by atoms with Gasteiger partial charge in [-0.2, -0.15) is 0 Å². The number of para-hydroxylation sites is 1. The highest BCUT2D eigenvalue weighted by atomic mass is 19.1. The van der Waals surface area contributed by atoms with Gasteiger partial charge in [-0.25, -0.2) is 8.78 Å². The lowest BCUT2D eigenvalue weighted by molar-refractivity contribution is -0.157. The molecule has 1 aromatic rings. The van der Waals surface area contributed by atoms with E-state index in [0.29, 0.717) is 6.54 Å². The molecule has 8 heteroatoms. The van der Waals surface area contributed by atoms with Crippen molar-refractivity contribution in [2.45, 2.75) is 51.2 Å². The van der Waals surface area contributed by atoms with Gasteiger partial charge in [-0.15, -0.1) is 0 Å². The summed E-state index contributed by atoms with van der Waals surface area (Å²) in [6, 6.07) is 3.38. The van der Waals surface area contributed by atoms with E-state index in [1.807, 2.05) is 0 Å². The minimum atomic E-state index is -1.24. The Hall–Kier alpha value is -2.51. The summed E-state index contributed by atoms with van der Waals surface area (Å²) in [5.74, 6) is -4.04. The van der Waals surface area contributed by atoms with Crippen LogP contribution in [0.2, 0.25) is 0 Å². The number of halogens is 2. The molecule has 0 aromatic heterocycles. The van der Waals surface area contributed by atoms with Crippen molar-refractivity contribution < 1.29 is 27.9 Å². The summed E-state index contributed by atoms with van der Waals surface area (Å²) in [4.78, 5) is 38.3. The lowest BCUT2D eigenvalue weighted by Gasteiger charge is -2.24. The zero-order valence-corrected chi connectivity index (χ0v) is 15.0. The molecule has 2 aliphatic rings. The molecular weight excluding hydrogens is 358 g/mol. The standard InChI is InChI=1S/C19H22F2N2O4/c1-11(18(25)22-17-14(20)7-4-8-15(17)21)27-19(26)12-9-16(24)23(10-12)13-5-2-3-6-13/h4,7-8,11-13H,2-3,5-6,9-10H2,1H3,(H,22,25)/t11-,12+/m1/s1. The highest BCUT2D eigenvalue weighted by molar-refractivity contribution is 5.96. The van der Waals surface area contributed by atoms with Gasteiger partial charge in [0.05, 0.1) is 5.92 Å². The molecule has 1 aliphatic carbocycles. The van der Waals surface area contributed by atoms with Gasteiger partial charge in [0.2, 0.25) is 5.91 Å². The minimum absolute atomic E-state index is 0.0611. The fraction of sp³-hybridized carbons (Fsp3) is 0.526. The molecule has 3 rings (SSSR count). The van der Waals surface area contributed by atoms with Crippen LogP contribution in [0.25, 0.3) is 0 Å². The fourth-order valence-electron chi connectivity index (χ4n) is 3.62. The Bertz CT molecular complexity index is 729. The van der Waals surface area contributed by atoms with E-state index in [0.717, 1.165) is 37.8 Å². The van der Waals surface area contributed by atoms with Gasteiger partial charge in [-0.1, -0.05) is 18.9 Å². The van der Waals surface area contributed by atoms with Gasteiger partial charge >= 0.3 is 5.97 Å². The largest absolute Gasteiger partial charge is 0.452 e. The molecule has 1 heterocycles. The van der Waals surface area contributed by atoms with E-state index in [1.165, 1.54) is 13.0 Å². The first kappa shape index (κ1) is 19.3. The zero-order chi connectivity index (χ0) is 19.6. The maximum atomic E-state index is 13.6. The first-order valence-electron chi connectivity index (χ1n) is 9.11. The number of carbonyl (C=O) groups excluding carboxylic acids is 3. The summed E-state index contributed by atoms with van der Waals surface area (Å²) in [5, 5.41) is 2.09. The third-order valence-electron chi connectivity index (χ3n) is 5.13. The third-order valence-corrected chi connectivity index (χ3v) is 5.13. The average molecular weight is 380 g/mol. The molecule has 1 N–H and O–H groups in total. The summed E-state index contributed by atoms with van der Waals surface area (Å²) in [6.07, 6.45) is 2.86. The van der Waals surface area contributed by atoms with Gasteiger partial charge in [0, 0.05) is 19.0 Å². The van der Waals surface area contributed by atoms with Crippen LogP contribution in [0.1, 0.15) is 39.0 Å². The first-order chi connectivity index (χ1) is 12.9. The van der Waals surface area contributed by atoms with E-state index in [-0.39, 0.29) is 18.4 Å². The van der Waals surface area contributed by atoms with Crippen LogP contribution in [0.5, 0.6) is 0 Å². The molecule has 2 fully saturated rings. The molecule has 0 radical (unpaired) electrons. The second-order valence-electron chi connectivity index (χ2n) is 7.05. The number of likely N-dealkylation sites (tertiary alicyclic amines) is 1. The number of benzene rings is 1. The molecule has 2 atom stereocenters. The zero-order valence-electron chi connectivity index (χ0n) is 15.0. The molecule has 1 saturated carbocycles. The van der Waals surface area contributed by atoms with Gasteiger partial charge in [0.1, 0.15) is 17.3 Å². The normalized spacial score (nSPS) is 21.4. The number of hydrogen-bond acceptors (Lipinski definition) is 4. The molecule has 6 nitrogen and oxygen atoms in total. The lowest BCUT2D eigenvalue weighted by atomic mass is 10.1.